The van der Waals surface area contributed by atoms with E-state index >= 15 is 0 Å². The van der Waals surface area contributed by atoms with Crippen molar-refractivity contribution in [2.75, 3.05) is 5.75 Å². The summed E-state index contributed by atoms with van der Waals surface area (Å²) < 4.78 is 52.3. The van der Waals surface area contributed by atoms with Crippen LogP contribution in [0.1, 0.15) is 37.2 Å². The Bertz CT molecular complexity index is 918. The normalized spacial score (nSPS) is 28.4. The number of allylic oxidation sites excluding steroid dienone is 2. The van der Waals surface area contributed by atoms with Gasteiger partial charge in [-0.3, -0.25) is 9.79 Å². The van der Waals surface area contributed by atoms with Crippen LogP contribution < -0.4 is 0 Å². The number of carbonyl (C=O) groups is 1. The van der Waals surface area contributed by atoms with E-state index < -0.39 is 33.3 Å². The van der Waals surface area contributed by atoms with Crippen molar-refractivity contribution in [3.05, 3.63) is 46.0 Å². The molecule has 126 valence electrons. The molecule has 1 aromatic rings. The Hall–Kier alpha value is -1.89. The topological polar surface area (TPSA) is 63.6 Å². The second-order valence-corrected chi connectivity index (χ2v) is 8.51. The fourth-order valence-corrected chi connectivity index (χ4v) is 5.86. The molecule has 0 aromatic heterocycles. The van der Waals surface area contributed by atoms with E-state index in [2.05, 4.69) is 4.99 Å². The molecule has 4 rings (SSSR count). The smallest absolute Gasteiger partial charge is 0.177 e. The zero-order valence-corrected chi connectivity index (χ0v) is 13.6. The van der Waals surface area contributed by atoms with Crippen LogP contribution in [-0.4, -0.2) is 25.7 Å². The Kier molecular flexibility index (Phi) is 3.46. The molecule has 3 aliphatic rings. The molecule has 0 N–H and O–H groups in total. The van der Waals surface area contributed by atoms with Gasteiger partial charge in [0.1, 0.15) is 5.78 Å². The molecule has 0 bridgehead atoms. The first kappa shape index (κ1) is 15.6. The second-order valence-electron chi connectivity index (χ2n) is 6.43. The van der Waals surface area contributed by atoms with Gasteiger partial charge in [-0.05, 0) is 37.0 Å². The number of Topliss-reactive ketones (excluding diaryl/α,β-unsaturated/α-hetero) is 1. The highest BCUT2D eigenvalue weighted by atomic mass is 32.2. The molecule has 7 heteroatoms. The number of rotatable bonds is 1. The minimum absolute atomic E-state index is 0.00221. The van der Waals surface area contributed by atoms with Gasteiger partial charge in [-0.1, -0.05) is 6.07 Å². The molecule has 4 nitrogen and oxygen atoms in total. The minimum Gasteiger partial charge on any atom is -0.299 e. The third-order valence-corrected chi connectivity index (χ3v) is 6.96. The molecule has 0 spiro atoms. The Morgan fingerprint density at radius 2 is 1.83 bits per heavy atom. The monoisotopic (exact) mass is 351 g/mol. The second kappa shape index (κ2) is 5.31. The average molecular weight is 351 g/mol. The predicted octanol–water partition coefficient (Wildman–Crippen LogP) is 2.90. The fourth-order valence-electron chi connectivity index (χ4n) is 3.95. The lowest BCUT2D eigenvalue weighted by Crippen LogP contribution is -2.34. The number of aliphatic imine (C=N–C) groups is 1. The first-order chi connectivity index (χ1) is 11.4. The van der Waals surface area contributed by atoms with Crippen molar-refractivity contribution in [3.8, 4) is 0 Å². The van der Waals surface area contributed by atoms with Gasteiger partial charge in [0.05, 0.1) is 22.3 Å². The van der Waals surface area contributed by atoms with Crippen molar-refractivity contribution in [2.24, 2.45) is 10.9 Å². The lowest BCUT2D eigenvalue weighted by atomic mass is 9.80. The Balaban J connectivity index is 1.96. The van der Waals surface area contributed by atoms with Crippen molar-refractivity contribution in [3.63, 3.8) is 0 Å². The maximum absolute atomic E-state index is 13.7. The summed E-state index contributed by atoms with van der Waals surface area (Å²) in [5, 5.41) is 0. The minimum atomic E-state index is -3.56. The molecule has 0 radical (unpaired) electrons. The van der Waals surface area contributed by atoms with Gasteiger partial charge in [0, 0.05) is 18.1 Å². The van der Waals surface area contributed by atoms with Crippen LogP contribution in [0.4, 0.5) is 8.78 Å². The number of hydrogen-bond donors (Lipinski definition) is 0. The summed E-state index contributed by atoms with van der Waals surface area (Å²) in [6, 6.07) is 3.35. The van der Waals surface area contributed by atoms with Crippen molar-refractivity contribution in [1.29, 1.82) is 0 Å². The van der Waals surface area contributed by atoms with Crippen LogP contribution in [0.2, 0.25) is 0 Å². The maximum atomic E-state index is 13.7. The first-order valence-electron chi connectivity index (χ1n) is 7.89. The predicted molar refractivity (Wildman–Crippen MR) is 84.3 cm³/mol. The molecule has 0 amide bonds. The Labute approximate surface area is 138 Å². The summed E-state index contributed by atoms with van der Waals surface area (Å²) in [5.41, 5.74) is 1.47. The van der Waals surface area contributed by atoms with E-state index in [4.69, 9.17) is 0 Å². The number of fused-ring (bicyclic) bond motifs is 1. The third kappa shape index (κ3) is 2.25. The molecule has 2 unspecified atom stereocenters. The Morgan fingerprint density at radius 1 is 1.04 bits per heavy atom. The standard InChI is InChI=1S/C17H15F2NO3S/c18-10-4-3-9(8-11(10)19)15-16-12(5-6-14(16)21)20-13-2-1-7-24(22,23)17(13)15/h3-4,8,15-16H,1-2,5-7H2. The van der Waals surface area contributed by atoms with E-state index in [0.29, 0.717) is 42.7 Å². The van der Waals surface area contributed by atoms with E-state index in [9.17, 15) is 22.0 Å². The zero-order valence-electron chi connectivity index (χ0n) is 12.8. The molecule has 1 fully saturated rings. The van der Waals surface area contributed by atoms with Gasteiger partial charge in [0.2, 0.25) is 0 Å². The molecule has 2 aliphatic heterocycles. The van der Waals surface area contributed by atoms with Gasteiger partial charge in [0.15, 0.2) is 21.5 Å². The van der Waals surface area contributed by atoms with Gasteiger partial charge in [-0.2, -0.15) is 0 Å². The summed E-state index contributed by atoms with van der Waals surface area (Å²) in [4.78, 5) is 16.9. The van der Waals surface area contributed by atoms with E-state index in [1.165, 1.54) is 6.07 Å². The van der Waals surface area contributed by atoms with E-state index in [0.717, 1.165) is 12.1 Å². The first-order valence-corrected chi connectivity index (χ1v) is 9.54. The number of nitrogens with zero attached hydrogens (tertiary/aromatic N) is 1. The quantitative estimate of drug-likeness (QED) is 0.781. The molecule has 1 aliphatic carbocycles. The van der Waals surface area contributed by atoms with E-state index in [1.54, 1.807) is 0 Å². The summed E-state index contributed by atoms with van der Waals surface area (Å²) in [6.07, 6.45) is 1.82. The molecule has 1 aromatic carbocycles. The van der Waals surface area contributed by atoms with Crippen molar-refractivity contribution in [2.45, 2.75) is 31.6 Å². The van der Waals surface area contributed by atoms with E-state index in [-0.39, 0.29) is 16.4 Å². The molecule has 1 saturated carbocycles. The highest BCUT2D eigenvalue weighted by Crippen LogP contribution is 2.48. The fraction of sp³-hybridized carbons (Fsp3) is 0.412. The van der Waals surface area contributed by atoms with Crippen LogP contribution in [-0.2, 0) is 14.6 Å². The van der Waals surface area contributed by atoms with Crippen molar-refractivity contribution in [1.82, 2.24) is 0 Å². The number of carbonyl (C=O) groups excluding carboxylic acids is 1. The highest BCUT2D eigenvalue weighted by Gasteiger charge is 2.48. The number of benzene rings is 1. The van der Waals surface area contributed by atoms with Gasteiger partial charge in [0.25, 0.3) is 0 Å². The summed E-state index contributed by atoms with van der Waals surface area (Å²) in [6.45, 7) is 0. The molecule has 2 atom stereocenters. The lowest BCUT2D eigenvalue weighted by Gasteiger charge is -2.33. The van der Waals surface area contributed by atoms with Crippen LogP contribution in [0.15, 0.2) is 33.8 Å². The van der Waals surface area contributed by atoms with Gasteiger partial charge in [-0.25, -0.2) is 17.2 Å². The van der Waals surface area contributed by atoms with Crippen LogP contribution in [0, 0.1) is 17.6 Å². The molecule has 2 heterocycles. The SMILES string of the molecule is O=C1CCC2=NC3=C(C(c4ccc(F)c(F)c4)C12)S(=O)(=O)CCC3. The number of hydrogen-bond acceptors (Lipinski definition) is 4. The molecular weight excluding hydrogens is 336 g/mol. The maximum Gasteiger partial charge on any atom is 0.177 e. The molecule has 24 heavy (non-hydrogen) atoms. The summed E-state index contributed by atoms with van der Waals surface area (Å²) in [5.74, 6) is -3.60. The summed E-state index contributed by atoms with van der Waals surface area (Å²) in [7, 11) is -3.56. The zero-order chi connectivity index (χ0) is 17.1. The van der Waals surface area contributed by atoms with Gasteiger partial charge < -0.3 is 0 Å². The van der Waals surface area contributed by atoms with Crippen molar-refractivity contribution < 1.29 is 22.0 Å². The number of ketones is 1. The summed E-state index contributed by atoms with van der Waals surface area (Å²) >= 11 is 0. The van der Waals surface area contributed by atoms with E-state index in [1.807, 2.05) is 0 Å². The van der Waals surface area contributed by atoms with Gasteiger partial charge in [-0.15, -0.1) is 0 Å². The van der Waals surface area contributed by atoms with Crippen LogP contribution in [0.5, 0.6) is 0 Å². The molecule has 0 saturated heterocycles. The Morgan fingerprint density at radius 3 is 2.58 bits per heavy atom. The van der Waals surface area contributed by atoms with Crippen molar-refractivity contribution >= 4 is 21.3 Å². The van der Waals surface area contributed by atoms with Gasteiger partial charge >= 0.3 is 0 Å². The highest BCUT2D eigenvalue weighted by molar-refractivity contribution is 7.95. The van der Waals surface area contributed by atoms with Crippen LogP contribution in [0.25, 0.3) is 0 Å². The largest absolute Gasteiger partial charge is 0.299 e. The lowest BCUT2D eigenvalue weighted by molar-refractivity contribution is -0.120. The number of halogens is 2. The van der Waals surface area contributed by atoms with Crippen LogP contribution in [0.3, 0.4) is 0 Å². The molecular formula is C17H15F2NO3S. The average Bonchev–Trinajstić information content (AvgIpc) is 2.89. The number of sulfone groups is 1. The third-order valence-electron chi connectivity index (χ3n) is 4.98. The van der Waals surface area contributed by atoms with Crippen LogP contribution >= 0.6 is 0 Å².